The average molecular weight is 384 g/mol. The number of nitrogens with zero attached hydrogens (tertiary/aromatic N) is 3. The SMILES string of the molecule is CC(=O)N1CCn2nc(C(=O)NC(C)c3ccc4c(c3)OCCCO4)cc2C1. The minimum Gasteiger partial charge on any atom is -0.490 e. The van der Waals surface area contributed by atoms with Gasteiger partial charge in [-0.25, -0.2) is 0 Å². The summed E-state index contributed by atoms with van der Waals surface area (Å²) in [6, 6.07) is 7.27. The van der Waals surface area contributed by atoms with Crippen molar-refractivity contribution >= 4 is 11.8 Å². The third-order valence-electron chi connectivity index (χ3n) is 5.10. The number of benzene rings is 1. The van der Waals surface area contributed by atoms with Gasteiger partial charge in [0.25, 0.3) is 5.91 Å². The van der Waals surface area contributed by atoms with Crippen LogP contribution in [0.3, 0.4) is 0 Å². The Morgan fingerprint density at radius 2 is 1.93 bits per heavy atom. The predicted octanol–water partition coefficient (Wildman–Crippen LogP) is 1.90. The standard InChI is InChI=1S/C20H24N4O4/c1-13(15-4-5-18-19(10-15)28-9-3-8-27-18)21-20(26)17-11-16-12-23(14(2)25)6-7-24(16)22-17/h4-5,10-11,13H,3,6-9,12H2,1-2H3,(H,21,26). The number of rotatable bonds is 3. The zero-order valence-corrected chi connectivity index (χ0v) is 16.1. The van der Waals surface area contributed by atoms with Crippen LogP contribution in [0.1, 0.15) is 48.1 Å². The van der Waals surface area contributed by atoms with Crippen molar-refractivity contribution in [2.75, 3.05) is 19.8 Å². The maximum atomic E-state index is 12.7. The smallest absolute Gasteiger partial charge is 0.272 e. The molecule has 1 unspecified atom stereocenters. The Morgan fingerprint density at radius 3 is 2.71 bits per heavy atom. The van der Waals surface area contributed by atoms with Crippen molar-refractivity contribution in [3.05, 3.63) is 41.2 Å². The van der Waals surface area contributed by atoms with Gasteiger partial charge in [-0.3, -0.25) is 14.3 Å². The van der Waals surface area contributed by atoms with Crippen LogP contribution >= 0.6 is 0 Å². The number of hydrogen-bond acceptors (Lipinski definition) is 5. The van der Waals surface area contributed by atoms with Crippen LogP contribution in [0, 0.1) is 0 Å². The lowest BCUT2D eigenvalue weighted by Crippen LogP contribution is -2.36. The number of hydrogen-bond donors (Lipinski definition) is 1. The van der Waals surface area contributed by atoms with Gasteiger partial charge in [-0.15, -0.1) is 0 Å². The van der Waals surface area contributed by atoms with Crippen LogP contribution < -0.4 is 14.8 Å². The van der Waals surface area contributed by atoms with Gasteiger partial charge in [0.1, 0.15) is 0 Å². The van der Waals surface area contributed by atoms with Crippen molar-refractivity contribution in [1.82, 2.24) is 20.0 Å². The van der Waals surface area contributed by atoms with Crippen molar-refractivity contribution in [2.24, 2.45) is 0 Å². The molecule has 0 spiro atoms. The van der Waals surface area contributed by atoms with Gasteiger partial charge in [-0.05, 0) is 30.7 Å². The molecule has 0 bridgehead atoms. The molecule has 0 saturated heterocycles. The van der Waals surface area contributed by atoms with Gasteiger partial charge < -0.3 is 19.7 Å². The Bertz CT molecular complexity index is 908. The fourth-order valence-corrected chi connectivity index (χ4v) is 3.45. The van der Waals surface area contributed by atoms with Crippen LogP contribution in [0.25, 0.3) is 0 Å². The topological polar surface area (TPSA) is 85.7 Å². The van der Waals surface area contributed by atoms with E-state index in [1.165, 1.54) is 0 Å². The second-order valence-electron chi connectivity index (χ2n) is 7.14. The molecule has 2 aliphatic rings. The Kier molecular flexibility index (Phi) is 4.93. The van der Waals surface area contributed by atoms with E-state index < -0.39 is 0 Å². The Balaban J connectivity index is 1.45. The molecule has 2 amide bonds. The summed E-state index contributed by atoms with van der Waals surface area (Å²) in [5, 5.41) is 7.38. The van der Waals surface area contributed by atoms with Crippen molar-refractivity contribution in [1.29, 1.82) is 0 Å². The second-order valence-corrected chi connectivity index (χ2v) is 7.14. The van der Waals surface area contributed by atoms with Gasteiger partial charge in [0.2, 0.25) is 5.91 Å². The van der Waals surface area contributed by atoms with Crippen molar-refractivity contribution < 1.29 is 19.1 Å². The van der Waals surface area contributed by atoms with E-state index in [1.807, 2.05) is 25.1 Å². The normalized spacial score (nSPS) is 16.7. The summed E-state index contributed by atoms with van der Waals surface area (Å²) in [6.07, 6.45) is 0.850. The highest BCUT2D eigenvalue weighted by atomic mass is 16.5. The molecule has 2 aliphatic heterocycles. The number of nitrogens with one attached hydrogen (secondary N) is 1. The van der Waals surface area contributed by atoms with E-state index in [2.05, 4.69) is 10.4 Å². The fourth-order valence-electron chi connectivity index (χ4n) is 3.45. The summed E-state index contributed by atoms with van der Waals surface area (Å²) >= 11 is 0. The van der Waals surface area contributed by atoms with Gasteiger partial charge in [-0.2, -0.15) is 5.10 Å². The minimum atomic E-state index is -0.240. The molecule has 1 aromatic heterocycles. The van der Waals surface area contributed by atoms with Crippen LogP contribution in [0.2, 0.25) is 0 Å². The molecule has 0 saturated carbocycles. The van der Waals surface area contributed by atoms with Crippen LogP contribution in [-0.4, -0.2) is 46.3 Å². The summed E-state index contributed by atoms with van der Waals surface area (Å²) in [5.41, 5.74) is 2.17. The summed E-state index contributed by atoms with van der Waals surface area (Å²) in [6.45, 7) is 6.42. The van der Waals surface area contributed by atoms with E-state index in [4.69, 9.17) is 9.47 Å². The summed E-state index contributed by atoms with van der Waals surface area (Å²) in [5.74, 6) is 1.23. The third kappa shape index (κ3) is 3.67. The molecule has 3 heterocycles. The molecular formula is C20H24N4O4. The van der Waals surface area contributed by atoms with Crippen molar-refractivity contribution in [3.8, 4) is 11.5 Å². The van der Waals surface area contributed by atoms with Crippen molar-refractivity contribution in [2.45, 2.75) is 39.4 Å². The first-order chi connectivity index (χ1) is 13.5. The fraction of sp³-hybridized carbons (Fsp3) is 0.450. The number of carbonyl (C=O) groups excluding carboxylic acids is 2. The molecule has 2 aromatic rings. The summed E-state index contributed by atoms with van der Waals surface area (Å²) in [7, 11) is 0. The Labute approximate surface area is 163 Å². The van der Waals surface area contributed by atoms with Gasteiger partial charge in [0.15, 0.2) is 17.2 Å². The van der Waals surface area contributed by atoms with E-state index >= 15 is 0 Å². The first-order valence-electron chi connectivity index (χ1n) is 9.54. The monoisotopic (exact) mass is 384 g/mol. The van der Waals surface area contributed by atoms with Gasteiger partial charge >= 0.3 is 0 Å². The number of carbonyl (C=O) groups is 2. The molecule has 0 fully saturated rings. The van der Waals surface area contributed by atoms with E-state index in [9.17, 15) is 9.59 Å². The Morgan fingerprint density at radius 1 is 1.14 bits per heavy atom. The van der Waals surface area contributed by atoms with Crippen molar-refractivity contribution in [3.63, 3.8) is 0 Å². The first-order valence-corrected chi connectivity index (χ1v) is 9.54. The zero-order valence-electron chi connectivity index (χ0n) is 16.1. The highest BCUT2D eigenvalue weighted by Crippen LogP contribution is 2.32. The number of ether oxygens (including phenoxy) is 2. The number of fused-ring (bicyclic) bond motifs is 2. The molecule has 148 valence electrons. The van der Waals surface area contributed by atoms with E-state index in [0.717, 1.165) is 23.4 Å². The lowest BCUT2D eigenvalue weighted by molar-refractivity contribution is -0.130. The van der Waals surface area contributed by atoms with Gasteiger partial charge in [0.05, 0.1) is 38.0 Å². The van der Waals surface area contributed by atoms with Gasteiger partial charge in [-0.1, -0.05) is 6.07 Å². The number of aromatic nitrogens is 2. The molecular weight excluding hydrogens is 360 g/mol. The molecule has 1 aromatic carbocycles. The molecule has 28 heavy (non-hydrogen) atoms. The van der Waals surface area contributed by atoms with E-state index in [1.54, 1.807) is 22.6 Å². The predicted molar refractivity (Wildman–Crippen MR) is 101 cm³/mol. The molecule has 1 atom stereocenters. The van der Waals surface area contributed by atoms with E-state index in [-0.39, 0.29) is 17.9 Å². The summed E-state index contributed by atoms with van der Waals surface area (Å²) in [4.78, 5) is 26.0. The molecule has 4 rings (SSSR count). The largest absolute Gasteiger partial charge is 0.490 e. The third-order valence-corrected chi connectivity index (χ3v) is 5.10. The molecule has 0 radical (unpaired) electrons. The second kappa shape index (κ2) is 7.53. The van der Waals surface area contributed by atoms with Gasteiger partial charge in [0, 0.05) is 19.9 Å². The molecule has 0 aliphatic carbocycles. The van der Waals surface area contributed by atoms with Crippen LogP contribution in [0.15, 0.2) is 24.3 Å². The maximum Gasteiger partial charge on any atom is 0.272 e. The molecule has 1 N–H and O–H groups in total. The number of amides is 2. The summed E-state index contributed by atoms with van der Waals surface area (Å²) < 4.78 is 13.2. The highest BCUT2D eigenvalue weighted by molar-refractivity contribution is 5.92. The highest BCUT2D eigenvalue weighted by Gasteiger charge is 2.23. The minimum absolute atomic E-state index is 0.0291. The quantitative estimate of drug-likeness (QED) is 0.874. The lowest BCUT2D eigenvalue weighted by Gasteiger charge is -2.26. The van der Waals surface area contributed by atoms with Crippen LogP contribution in [0.4, 0.5) is 0 Å². The Hall–Kier alpha value is -3.03. The van der Waals surface area contributed by atoms with Crippen LogP contribution in [0.5, 0.6) is 11.5 Å². The average Bonchev–Trinajstić information content (AvgIpc) is 2.97. The van der Waals surface area contributed by atoms with E-state index in [0.29, 0.717) is 44.3 Å². The first kappa shape index (κ1) is 18.3. The van der Waals surface area contributed by atoms with Crippen LogP contribution in [-0.2, 0) is 17.9 Å². The molecule has 8 nitrogen and oxygen atoms in total. The lowest BCUT2D eigenvalue weighted by atomic mass is 10.1. The molecule has 8 heteroatoms. The maximum absolute atomic E-state index is 12.7. The zero-order chi connectivity index (χ0) is 19.7.